The molecule has 1 aromatic heterocycles. The van der Waals surface area contributed by atoms with Crippen molar-refractivity contribution in [1.82, 2.24) is 10.1 Å². The summed E-state index contributed by atoms with van der Waals surface area (Å²) in [4.78, 5) is 15.9. The molecule has 4 nitrogen and oxygen atoms in total. The molecule has 1 aromatic carbocycles. The molecule has 1 unspecified atom stereocenters. The molecule has 0 N–H and O–H groups in total. The molecule has 0 saturated heterocycles. The Morgan fingerprint density at radius 3 is 3.00 bits per heavy atom. The third kappa shape index (κ3) is 2.16. The summed E-state index contributed by atoms with van der Waals surface area (Å²) in [6.07, 6.45) is 2.18. The fourth-order valence-corrected chi connectivity index (χ4v) is 2.40. The molecule has 2 aromatic rings. The average molecular weight is 260 g/mol. The summed E-state index contributed by atoms with van der Waals surface area (Å²) in [7, 11) is 0. The lowest BCUT2D eigenvalue weighted by Gasteiger charge is -2.00. The number of Topliss-reactive ketones (excluding diaryl/α,β-unsaturated/α-hetero) is 1. The van der Waals surface area contributed by atoms with Crippen LogP contribution in [0, 0.1) is 12.7 Å². The third-order valence-electron chi connectivity index (χ3n) is 3.48. The highest BCUT2D eigenvalue weighted by Crippen LogP contribution is 2.31. The molecular formula is C14H13FN2O2. The number of ketones is 1. The third-order valence-corrected chi connectivity index (χ3v) is 3.48. The first-order chi connectivity index (χ1) is 9.15. The van der Waals surface area contributed by atoms with Crippen molar-refractivity contribution in [2.75, 3.05) is 0 Å². The van der Waals surface area contributed by atoms with Gasteiger partial charge in [-0.1, -0.05) is 11.2 Å². The lowest BCUT2D eigenvalue weighted by molar-refractivity contribution is -0.119. The van der Waals surface area contributed by atoms with Crippen LogP contribution in [0.25, 0.3) is 11.4 Å². The normalized spacial score (nSPS) is 19.1. The molecule has 0 bridgehead atoms. The predicted octanol–water partition coefficient (Wildman–Crippen LogP) is 3.02. The van der Waals surface area contributed by atoms with Gasteiger partial charge in [0.2, 0.25) is 11.7 Å². The van der Waals surface area contributed by atoms with Gasteiger partial charge in [0, 0.05) is 12.0 Å². The molecule has 1 aliphatic carbocycles. The number of aromatic nitrogens is 2. The number of carbonyl (C=O) groups is 1. The highest BCUT2D eigenvalue weighted by molar-refractivity contribution is 5.86. The van der Waals surface area contributed by atoms with Crippen molar-refractivity contribution in [2.45, 2.75) is 32.1 Å². The van der Waals surface area contributed by atoms with E-state index >= 15 is 0 Å². The van der Waals surface area contributed by atoms with Crippen LogP contribution in [-0.4, -0.2) is 15.9 Å². The van der Waals surface area contributed by atoms with Crippen LogP contribution in [0.4, 0.5) is 4.39 Å². The van der Waals surface area contributed by atoms with Crippen molar-refractivity contribution in [3.05, 3.63) is 35.5 Å². The maximum absolute atomic E-state index is 13.3. The van der Waals surface area contributed by atoms with Crippen molar-refractivity contribution < 1.29 is 13.7 Å². The highest BCUT2D eigenvalue weighted by atomic mass is 19.1. The Bertz CT molecular complexity index is 636. The maximum Gasteiger partial charge on any atom is 0.237 e. The summed E-state index contributed by atoms with van der Waals surface area (Å²) in [6.45, 7) is 1.85. The standard InChI is InChI=1S/C14H13FN2O2/c1-8-5-6-9(15)7-11(8)13-16-14(19-17-13)10-3-2-4-12(10)18/h5-7,10H,2-4H2,1H3. The largest absolute Gasteiger partial charge is 0.338 e. The van der Waals surface area contributed by atoms with Gasteiger partial charge in [-0.05, 0) is 37.5 Å². The van der Waals surface area contributed by atoms with Gasteiger partial charge in [0.15, 0.2) is 0 Å². The van der Waals surface area contributed by atoms with Crippen LogP contribution in [0.5, 0.6) is 0 Å². The van der Waals surface area contributed by atoms with Crippen LogP contribution in [0.1, 0.15) is 36.6 Å². The Hall–Kier alpha value is -2.04. The molecule has 0 spiro atoms. The summed E-state index contributed by atoms with van der Waals surface area (Å²) >= 11 is 0. The van der Waals surface area contributed by atoms with E-state index in [1.165, 1.54) is 12.1 Å². The molecule has 0 aliphatic heterocycles. The molecule has 3 rings (SSSR count). The van der Waals surface area contributed by atoms with Gasteiger partial charge in [-0.25, -0.2) is 4.39 Å². The van der Waals surface area contributed by atoms with Crippen molar-refractivity contribution in [1.29, 1.82) is 0 Å². The monoisotopic (exact) mass is 260 g/mol. The zero-order chi connectivity index (χ0) is 13.4. The van der Waals surface area contributed by atoms with Gasteiger partial charge >= 0.3 is 0 Å². The van der Waals surface area contributed by atoms with Crippen molar-refractivity contribution in [3.63, 3.8) is 0 Å². The van der Waals surface area contributed by atoms with Gasteiger partial charge in [0.05, 0.1) is 5.92 Å². The molecule has 1 aliphatic rings. The molecule has 1 heterocycles. The minimum absolute atomic E-state index is 0.145. The fourth-order valence-electron chi connectivity index (χ4n) is 2.40. The molecule has 1 saturated carbocycles. The van der Waals surface area contributed by atoms with Crippen LogP contribution in [-0.2, 0) is 4.79 Å². The molecule has 5 heteroatoms. The van der Waals surface area contributed by atoms with Gasteiger partial charge in [-0.3, -0.25) is 4.79 Å². The maximum atomic E-state index is 13.3. The first-order valence-corrected chi connectivity index (χ1v) is 6.28. The number of benzene rings is 1. The van der Waals surface area contributed by atoms with Crippen molar-refractivity contribution in [2.24, 2.45) is 0 Å². The first kappa shape index (κ1) is 12.0. The Morgan fingerprint density at radius 2 is 2.26 bits per heavy atom. The lowest BCUT2D eigenvalue weighted by atomic mass is 10.1. The minimum Gasteiger partial charge on any atom is -0.338 e. The molecule has 98 valence electrons. The Labute approximate surface area is 109 Å². The Morgan fingerprint density at radius 1 is 1.42 bits per heavy atom. The summed E-state index contributed by atoms with van der Waals surface area (Å²) in [5.41, 5.74) is 1.46. The van der Waals surface area contributed by atoms with Gasteiger partial charge in [0.25, 0.3) is 0 Å². The Kier molecular flexibility index (Phi) is 2.89. The fraction of sp³-hybridized carbons (Fsp3) is 0.357. The summed E-state index contributed by atoms with van der Waals surface area (Å²) < 4.78 is 18.4. The van der Waals surface area contributed by atoms with Crippen LogP contribution in [0.3, 0.4) is 0 Å². The van der Waals surface area contributed by atoms with E-state index in [0.29, 0.717) is 23.7 Å². The molecule has 0 amide bonds. The van der Waals surface area contributed by atoms with Crippen molar-refractivity contribution in [3.8, 4) is 11.4 Å². The van der Waals surface area contributed by atoms with Crippen molar-refractivity contribution >= 4 is 5.78 Å². The SMILES string of the molecule is Cc1ccc(F)cc1-c1noc(C2CCCC2=O)n1. The van der Waals surface area contributed by atoms with E-state index in [1.807, 2.05) is 6.92 Å². The zero-order valence-electron chi connectivity index (χ0n) is 10.5. The number of aryl methyl sites for hydroxylation is 1. The van der Waals surface area contributed by atoms with E-state index in [0.717, 1.165) is 18.4 Å². The summed E-state index contributed by atoms with van der Waals surface area (Å²) in [5, 5.41) is 3.86. The van der Waals surface area contributed by atoms with Gasteiger partial charge < -0.3 is 4.52 Å². The average Bonchev–Trinajstić information content (AvgIpc) is 3.00. The lowest BCUT2D eigenvalue weighted by Crippen LogP contribution is -2.04. The van der Waals surface area contributed by atoms with E-state index in [-0.39, 0.29) is 17.5 Å². The number of rotatable bonds is 2. The van der Waals surface area contributed by atoms with Crippen LogP contribution < -0.4 is 0 Å². The number of halogens is 1. The van der Waals surface area contributed by atoms with E-state index in [2.05, 4.69) is 10.1 Å². The zero-order valence-corrected chi connectivity index (χ0v) is 10.5. The van der Waals surface area contributed by atoms with Crippen LogP contribution in [0.15, 0.2) is 22.7 Å². The van der Waals surface area contributed by atoms with Crippen LogP contribution in [0.2, 0.25) is 0 Å². The number of nitrogens with zero attached hydrogens (tertiary/aromatic N) is 2. The van der Waals surface area contributed by atoms with Crippen LogP contribution >= 0.6 is 0 Å². The number of hydrogen-bond acceptors (Lipinski definition) is 4. The summed E-state index contributed by atoms with van der Waals surface area (Å²) in [6, 6.07) is 4.43. The Balaban J connectivity index is 1.97. The topological polar surface area (TPSA) is 56.0 Å². The van der Waals surface area contributed by atoms with Gasteiger partial charge in [-0.2, -0.15) is 4.98 Å². The second kappa shape index (κ2) is 4.57. The van der Waals surface area contributed by atoms with Gasteiger partial charge in [-0.15, -0.1) is 0 Å². The molecule has 0 radical (unpaired) electrons. The molecule has 19 heavy (non-hydrogen) atoms. The number of hydrogen-bond donors (Lipinski definition) is 0. The predicted molar refractivity (Wildman–Crippen MR) is 66.0 cm³/mol. The molecule has 1 fully saturated rings. The minimum atomic E-state index is -0.344. The highest BCUT2D eigenvalue weighted by Gasteiger charge is 2.31. The van der Waals surface area contributed by atoms with E-state index in [1.54, 1.807) is 6.07 Å². The van der Waals surface area contributed by atoms with E-state index in [9.17, 15) is 9.18 Å². The first-order valence-electron chi connectivity index (χ1n) is 6.28. The van der Waals surface area contributed by atoms with E-state index in [4.69, 9.17) is 4.52 Å². The van der Waals surface area contributed by atoms with E-state index < -0.39 is 0 Å². The summed E-state index contributed by atoms with van der Waals surface area (Å²) in [5.74, 6) is 0.207. The number of carbonyl (C=O) groups excluding carboxylic acids is 1. The molecule has 1 atom stereocenters. The quantitative estimate of drug-likeness (QED) is 0.832. The smallest absolute Gasteiger partial charge is 0.237 e. The molecular weight excluding hydrogens is 247 g/mol. The van der Waals surface area contributed by atoms with Gasteiger partial charge in [0.1, 0.15) is 11.6 Å². The second-order valence-corrected chi connectivity index (χ2v) is 4.83. The second-order valence-electron chi connectivity index (χ2n) is 4.83.